The first-order chi connectivity index (χ1) is 35.2. The van der Waals surface area contributed by atoms with Crippen molar-refractivity contribution in [3.05, 3.63) is 113 Å². The maximum Gasteiger partial charge on any atom is 0.326 e. The minimum Gasteiger partial charge on any atom is -0.481 e. The molecule has 0 aliphatic carbocycles. The van der Waals surface area contributed by atoms with Crippen LogP contribution < -0.4 is 37.2 Å². The molecule has 1 heterocycles. The van der Waals surface area contributed by atoms with Crippen molar-refractivity contribution in [2.24, 2.45) is 0 Å². The number of carboxylic acids is 5. The highest BCUT2D eigenvalue weighted by atomic mass is 19.1. The first kappa shape index (κ1) is 57.5. The molecule has 0 aliphatic heterocycles. The van der Waals surface area contributed by atoms with Gasteiger partial charge in [-0.2, -0.15) is 4.39 Å². The molecule has 4 rings (SSSR count). The van der Waals surface area contributed by atoms with E-state index >= 15 is 0 Å². The molecule has 0 saturated carbocycles. The van der Waals surface area contributed by atoms with Crippen LogP contribution in [0.2, 0.25) is 0 Å². The van der Waals surface area contributed by atoms with Crippen molar-refractivity contribution in [1.29, 1.82) is 0 Å². The van der Waals surface area contributed by atoms with Crippen LogP contribution in [0.5, 0.6) is 0 Å². The monoisotopic (exact) mass is 1030 g/mol. The van der Waals surface area contributed by atoms with Gasteiger partial charge in [0.05, 0.1) is 5.56 Å². The number of aliphatic carboxylic acids is 5. The highest BCUT2D eigenvalue weighted by molar-refractivity contribution is 5.99. The van der Waals surface area contributed by atoms with Crippen LogP contribution in [0.1, 0.15) is 89.6 Å². The molecular formula is C49H55FN8O16. The van der Waals surface area contributed by atoms with Gasteiger partial charge in [0.1, 0.15) is 30.2 Å². The SMILES string of the molecule is O=C(O)CCC(NC(=O)NC(CCCCNC(=O)C(Cc1ccc2ccccc2c1)NC(=O)c1ccc(CNC(=O)CCC(NC(=O)C(CCC(=O)O)NC(=O)c2ccc(F)nc2)C(=O)O)cc1)C(=O)O)C(=O)O. The summed E-state index contributed by atoms with van der Waals surface area (Å²) >= 11 is 0. The molecule has 25 heteroatoms. The van der Waals surface area contributed by atoms with E-state index in [0.29, 0.717) is 5.56 Å². The van der Waals surface area contributed by atoms with Crippen LogP contribution >= 0.6 is 0 Å². The number of pyridine rings is 1. The number of carbonyl (C=O) groups is 11. The number of amides is 7. The maximum absolute atomic E-state index is 13.6. The van der Waals surface area contributed by atoms with Gasteiger partial charge < -0.3 is 62.8 Å². The van der Waals surface area contributed by atoms with Crippen molar-refractivity contribution in [3.63, 3.8) is 0 Å². The van der Waals surface area contributed by atoms with Crippen molar-refractivity contribution >= 4 is 76.2 Å². The quantitative estimate of drug-likeness (QED) is 0.0261. The van der Waals surface area contributed by atoms with Gasteiger partial charge in [-0.1, -0.05) is 54.6 Å². The van der Waals surface area contributed by atoms with Crippen molar-refractivity contribution < 1.29 is 82.7 Å². The summed E-state index contributed by atoms with van der Waals surface area (Å²) in [4.78, 5) is 139. The van der Waals surface area contributed by atoms with Crippen LogP contribution in [-0.2, 0) is 51.3 Å². The molecule has 0 bridgehead atoms. The van der Waals surface area contributed by atoms with Crippen molar-refractivity contribution in [2.45, 2.75) is 101 Å². The van der Waals surface area contributed by atoms with Gasteiger partial charge in [-0.25, -0.2) is 24.2 Å². The summed E-state index contributed by atoms with van der Waals surface area (Å²) in [6.45, 7) is -0.0215. The summed E-state index contributed by atoms with van der Waals surface area (Å²) in [6, 6.07) is 12.7. The summed E-state index contributed by atoms with van der Waals surface area (Å²) in [6.07, 6.45) is -1.52. The van der Waals surface area contributed by atoms with Gasteiger partial charge in [-0.3, -0.25) is 33.6 Å². The molecule has 5 atom stereocenters. The molecule has 7 amide bonds. The zero-order chi connectivity index (χ0) is 54.3. The number of aromatic nitrogens is 1. The lowest BCUT2D eigenvalue weighted by Gasteiger charge is -2.21. The van der Waals surface area contributed by atoms with E-state index in [9.17, 15) is 72.4 Å². The number of carboxylic acid groups (broad SMARTS) is 5. The highest BCUT2D eigenvalue weighted by Crippen LogP contribution is 2.18. The molecule has 0 radical (unpaired) electrons. The molecular weight excluding hydrogens is 976 g/mol. The van der Waals surface area contributed by atoms with Gasteiger partial charge in [0.15, 0.2) is 0 Å². The lowest BCUT2D eigenvalue weighted by atomic mass is 10.0. The van der Waals surface area contributed by atoms with E-state index in [1.165, 1.54) is 24.3 Å². The highest BCUT2D eigenvalue weighted by Gasteiger charge is 2.29. The number of benzene rings is 3. The van der Waals surface area contributed by atoms with Gasteiger partial charge >= 0.3 is 35.9 Å². The fourth-order valence-electron chi connectivity index (χ4n) is 7.16. The van der Waals surface area contributed by atoms with Gasteiger partial charge in [-0.05, 0) is 84.7 Å². The Labute approximate surface area is 420 Å². The minimum absolute atomic E-state index is 0.0384. The molecule has 74 heavy (non-hydrogen) atoms. The average Bonchev–Trinajstić information content (AvgIpc) is 3.36. The number of hydrogen-bond donors (Lipinski definition) is 12. The molecule has 0 aliphatic rings. The fraction of sp³-hybridized carbons (Fsp3) is 0.347. The van der Waals surface area contributed by atoms with E-state index in [-0.39, 0.29) is 56.3 Å². The second-order valence-electron chi connectivity index (χ2n) is 16.8. The summed E-state index contributed by atoms with van der Waals surface area (Å²) in [7, 11) is 0. The van der Waals surface area contributed by atoms with E-state index in [0.717, 1.165) is 34.7 Å². The smallest absolute Gasteiger partial charge is 0.326 e. The zero-order valence-electron chi connectivity index (χ0n) is 39.5. The second kappa shape index (κ2) is 28.7. The van der Waals surface area contributed by atoms with Crippen LogP contribution in [0.4, 0.5) is 9.18 Å². The Bertz CT molecular complexity index is 2690. The lowest BCUT2D eigenvalue weighted by Crippen LogP contribution is -2.52. The van der Waals surface area contributed by atoms with Gasteiger partial charge in [-0.15, -0.1) is 0 Å². The maximum atomic E-state index is 13.6. The molecule has 5 unspecified atom stereocenters. The van der Waals surface area contributed by atoms with Crippen molar-refractivity contribution in [2.75, 3.05) is 6.54 Å². The van der Waals surface area contributed by atoms with Crippen LogP contribution in [0.3, 0.4) is 0 Å². The fourth-order valence-corrected chi connectivity index (χ4v) is 7.16. The third kappa shape index (κ3) is 19.6. The number of fused-ring (bicyclic) bond motifs is 1. The van der Waals surface area contributed by atoms with E-state index in [4.69, 9.17) is 10.2 Å². The van der Waals surface area contributed by atoms with E-state index in [2.05, 4.69) is 42.2 Å². The number of halogens is 1. The van der Waals surface area contributed by atoms with Crippen LogP contribution in [0.15, 0.2) is 85.1 Å². The van der Waals surface area contributed by atoms with Crippen LogP contribution in [-0.4, -0.2) is 133 Å². The molecule has 4 aromatic rings. The molecule has 1 aromatic heterocycles. The number of hydrogen-bond acceptors (Lipinski definition) is 12. The Hall–Kier alpha value is -9.03. The topological polar surface area (TPSA) is 386 Å². The van der Waals surface area contributed by atoms with Gasteiger partial charge in [0, 0.05) is 50.5 Å². The molecule has 0 fully saturated rings. The third-order valence-electron chi connectivity index (χ3n) is 11.2. The number of carbonyl (C=O) groups excluding carboxylic acids is 6. The number of nitrogens with zero attached hydrogens (tertiary/aromatic N) is 1. The summed E-state index contributed by atoms with van der Waals surface area (Å²) in [5, 5.41) is 65.4. The average molecular weight is 1030 g/mol. The van der Waals surface area contributed by atoms with E-state index in [1.54, 1.807) is 0 Å². The summed E-state index contributed by atoms with van der Waals surface area (Å²) < 4.78 is 13.2. The number of unbranched alkanes of at least 4 members (excludes halogenated alkanes) is 1. The first-order valence-corrected chi connectivity index (χ1v) is 23.0. The molecule has 394 valence electrons. The second-order valence-corrected chi connectivity index (χ2v) is 16.8. The predicted molar refractivity (Wildman–Crippen MR) is 257 cm³/mol. The Kier molecular flexibility index (Phi) is 22.3. The van der Waals surface area contributed by atoms with Crippen molar-refractivity contribution in [3.8, 4) is 0 Å². The zero-order valence-corrected chi connectivity index (χ0v) is 39.5. The Balaban J connectivity index is 1.31. The molecule has 0 saturated heterocycles. The molecule has 0 spiro atoms. The third-order valence-corrected chi connectivity index (χ3v) is 11.2. The Morgan fingerprint density at radius 2 is 1.04 bits per heavy atom. The summed E-state index contributed by atoms with van der Waals surface area (Å²) in [5.74, 6) is -11.6. The number of urea groups is 1. The Morgan fingerprint density at radius 1 is 0.500 bits per heavy atom. The number of rotatable bonds is 30. The predicted octanol–water partition coefficient (Wildman–Crippen LogP) is 1.70. The molecule has 24 nitrogen and oxygen atoms in total. The first-order valence-electron chi connectivity index (χ1n) is 23.0. The van der Waals surface area contributed by atoms with E-state index in [1.807, 2.05) is 42.5 Å². The van der Waals surface area contributed by atoms with Crippen LogP contribution in [0.25, 0.3) is 10.8 Å². The number of nitrogens with one attached hydrogen (secondary N) is 7. The largest absolute Gasteiger partial charge is 0.481 e. The molecule has 12 N–H and O–H groups in total. The lowest BCUT2D eigenvalue weighted by molar-refractivity contribution is -0.143. The molecule has 3 aromatic carbocycles. The minimum atomic E-state index is -1.63. The normalized spacial score (nSPS) is 12.8. The Morgan fingerprint density at radius 3 is 1.65 bits per heavy atom. The van der Waals surface area contributed by atoms with Gasteiger partial charge in [0.25, 0.3) is 11.8 Å². The van der Waals surface area contributed by atoms with E-state index < -0.39 is 134 Å². The standard InChI is InChI=1S/C49H55FN8O16/c50-38-18-14-32(26-52-38)43(65)54-33(16-20-40(60)61)45(67)55-35(47(70)71)15-19-39(59)53-25-27-8-12-30(13-9-27)42(64)56-37(24-28-10-11-29-5-1-2-6-31(29)23-28)44(66)51-22-4-3-7-34(46(68)69)57-49(74)58-36(48(72)73)17-21-41(62)63/h1-2,5-6,8-14,18,23,26,33-37H,3-4,7,15-17,19-22,24-25H2,(H,51,66)(H,53,59)(H,54,65)(H,55,67)(H,56,64)(H,60,61)(H,62,63)(H,68,69)(H,70,71)(H,72,73)(H2,57,58,74). The van der Waals surface area contributed by atoms with Crippen LogP contribution in [0, 0.1) is 5.95 Å². The van der Waals surface area contributed by atoms with Gasteiger partial charge in [0.2, 0.25) is 23.7 Å². The van der Waals surface area contributed by atoms with Crippen molar-refractivity contribution in [1.82, 2.24) is 42.2 Å². The summed E-state index contributed by atoms with van der Waals surface area (Å²) in [5.41, 5.74) is 1.25.